The van der Waals surface area contributed by atoms with E-state index in [1.165, 1.54) is 6.08 Å². The van der Waals surface area contributed by atoms with Gasteiger partial charge in [-0.3, -0.25) is 4.98 Å². The number of carboxylic acid groups (broad SMARTS) is 1. The fourth-order valence-corrected chi connectivity index (χ4v) is 5.45. The molecular weight excluding hydrogens is 366 g/mol. The number of aromatic nitrogens is 1. The standard InChI is InChI=1S/C18H29NO5Si2/c1-18(2,17(23-25-3)24-26-4)14-11-22-16(12-6-5-9-19-10-12)13(14)7-8-15(20)21/h5-10,13-14,16-17H,11,25-26H2,1-4H3,(H,20,21)/b8-7+. The van der Waals surface area contributed by atoms with E-state index in [1.54, 1.807) is 18.5 Å². The van der Waals surface area contributed by atoms with E-state index in [1.807, 2.05) is 12.1 Å². The molecule has 2 heterocycles. The second-order valence-electron chi connectivity index (χ2n) is 6.99. The number of carboxylic acids is 1. The molecule has 1 fully saturated rings. The molecule has 0 spiro atoms. The maximum Gasteiger partial charge on any atom is 0.327 e. The van der Waals surface area contributed by atoms with Gasteiger partial charge in [0.05, 0.1) is 12.7 Å². The lowest BCUT2D eigenvalue weighted by atomic mass is 9.70. The third-order valence-corrected chi connectivity index (χ3v) is 6.21. The molecule has 1 aliphatic heterocycles. The minimum absolute atomic E-state index is 0.0782. The quantitative estimate of drug-likeness (QED) is 0.389. The lowest BCUT2D eigenvalue weighted by molar-refractivity contribution is -0.131. The monoisotopic (exact) mass is 395 g/mol. The van der Waals surface area contributed by atoms with Crippen LogP contribution in [0.5, 0.6) is 0 Å². The molecule has 26 heavy (non-hydrogen) atoms. The lowest BCUT2D eigenvalue weighted by Gasteiger charge is -2.40. The summed E-state index contributed by atoms with van der Waals surface area (Å²) in [7, 11) is -1.26. The second kappa shape index (κ2) is 9.56. The van der Waals surface area contributed by atoms with Crippen LogP contribution in [0.3, 0.4) is 0 Å². The van der Waals surface area contributed by atoms with Crippen molar-refractivity contribution in [3.63, 3.8) is 0 Å². The largest absolute Gasteiger partial charge is 0.478 e. The van der Waals surface area contributed by atoms with E-state index in [-0.39, 0.29) is 29.6 Å². The normalized spacial score (nSPS) is 25.8. The molecule has 0 radical (unpaired) electrons. The highest BCUT2D eigenvalue weighted by atomic mass is 28.2. The Bertz CT molecular complexity index is 605. The molecule has 1 N–H and O–H groups in total. The Morgan fingerprint density at radius 1 is 1.42 bits per heavy atom. The van der Waals surface area contributed by atoms with Crippen molar-refractivity contribution < 1.29 is 23.5 Å². The molecule has 1 saturated heterocycles. The number of hydrogen-bond donors (Lipinski definition) is 1. The first-order chi connectivity index (χ1) is 12.4. The van der Waals surface area contributed by atoms with Gasteiger partial charge in [-0.25, -0.2) is 4.79 Å². The van der Waals surface area contributed by atoms with Crippen molar-refractivity contribution >= 4 is 25.5 Å². The number of rotatable bonds is 9. The predicted octanol–water partition coefficient (Wildman–Crippen LogP) is 1.68. The Morgan fingerprint density at radius 2 is 2.12 bits per heavy atom. The van der Waals surface area contributed by atoms with E-state index < -0.39 is 25.5 Å². The van der Waals surface area contributed by atoms with Crippen LogP contribution >= 0.6 is 0 Å². The minimum Gasteiger partial charge on any atom is -0.478 e. The maximum absolute atomic E-state index is 11.1. The summed E-state index contributed by atoms with van der Waals surface area (Å²) in [5, 5.41) is 9.12. The zero-order valence-corrected chi connectivity index (χ0v) is 18.8. The third kappa shape index (κ3) is 4.89. The Labute approximate surface area is 159 Å². The molecule has 1 aromatic heterocycles. The van der Waals surface area contributed by atoms with Crippen molar-refractivity contribution in [2.75, 3.05) is 6.61 Å². The van der Waals surface area contributed by atoms with Gasteiger partial charge in [0.2, 0.25) is 0 Å². The van der Waals surface area contributed by atoms with Gasteiger partial charge in [-0.05, 0) is 11.6 Å². The number of aliphatic carboxylic acids is 1. The van der Waals surface area contributed by atoms with E-state index in [9.17, 15) is 4.79 Å². The average Bonchev–Trinajstić information content (AvgIpc) is 3.05. The fourth-order valence-electron chi connectivity index (χ4n) is 3.60. The summed E-state index contributed by atoms with van der Waals surface area (Å²) in [4.78, 5) is 15.3. The SMILES string of the molecule is C[SiH2]OC(O[SiH2]C)C(C)(C)C1COC(c2cccnc2)C1/C=C/C(=O)O. The molecule has 8 heteroatoms. The summed E-state index contributed by atoms with van der Waals surface area (Å²) in [6, 6.07) is 3.84. The third-order valence-electron chi connectivity index (χ3n) is 4.94. The Morgan fingerprint density at radius 3 is 2.65 bits per heavy atom. The van der Waals surface area contributed by atoms with Gasteiger partial charge < -0.3 is 18.7 Å². The van der Waals surface area contributed by atoms with Crippen LogP contribution in [0.1, 0.15) is 25.5 Å². The zero-order valence-electron chi connectivity index (χ0n) is 15.9. The zero-order chi connectivity index (χ0) is 19.2. The van der Waals surface area contributed by atoms with Gasteiger partial charge in [0.25, 0.3) is 0 Å². The molecule has 6 nitrogen and oxygen atoms in total. The molecule has 0 amide bonds. The van der Waals surface area contributed by atoms with E-state index in [0.717, 1.165) is 5.56 Å². The summed E-state index contributed by atoms with van der Waals surface area (Å²) in [5.74, 6) is -0.962. The number of nitrogens with zero attached hydrogens (tertiary/aromatic N) is 1. The minimum atomic E-state index is -0.954. The van der Waals surface area contributed by atoms with Crippen LogP contribution in [-0.4, -0.2) is 48.5 Å². The number of pyridine rings is 1. The highest BCUT2D eigenvalue weighted by molar-refractivity contribution is 6.26. The maximum atomic E-state index is 11.1. The molecule has 3 unspecified atom stereocenters. The number of ether oxygens (including phenoxy) is 1. The van der Waals surface area contributed by atoms with Crippen LogP contribution in [0, 0.1) is 17.3 Å². The van der Waals surface area contributed by atoms with Gasteiger partial charge in [-0.2, -0.15) is 0 Å². The lowest BCUT2D eigenvalue weighted by Crippen LogP contribution is -2.44. The van der Waals surface area contributed by atoms with Crippen LogP contribution in [0.15, 0.2) is 36.7 Å². The smallest absolute Gasteiger partial charge is 0.327 e. The molecular formula is C18H29NO5Si2. The van der Waals surface area contributed by atoms with Crippen LogP contribution in [0.25, 0.3) is 0 Å². The Kier molecular flexibility index (Phi) is 7.72. The molecule has 1 aliphatic rings. The van der Waals surface area contributed by atoms with Crippen molar-refractivity contribution in [2.45, 2.75) is 39.3 Å². The van der Waals surface area contributed by atoms with E-state index in [2.05, 4.69) is 31.9 Å². The summed E-state index contributed by atoms with van der Waals surface area (Å²) >= 11 is 0. The van der Waals surface area contributed by atoms with Crippen molar-refractivity contribution in [1.29, 1.82) is 0 Å². The fraction of sp³-hybridized carbons (Fsp3) is 0.556. The number of hydrogen-bond acceptors (Lipinski definition) is 5. The van der Waals surface area contributed by atoms with Gasteiger partial charge in [0.15, 0.2) is 19.5 Å². The first kappa shape index (κ1) is 21.0. The summed E-state index contributed by atoms with van der Waals surface area (Å²) in [6.45, 7) is 8.98. The van der Waals surface area contributed by atoms with Crippen molar-refractivity contribution in [3.05, 3.63) is 42.2 Å². The predicted molar refractivity (Wildman–Crippen MR) is 105 cm³/mol. The van der Waals surface area contributed by atoms with Crippen LogP contribution < -0.4 is 0 Å². The van der Waals surface area contributed by atoms with Crippen molar-refractivity contribution in [2.24, 2.45) is 17.3 Å². The molecule has 0 bridgehead atoms. The molecule has 2 rings (SSSR count). The van der Waals surface area contributed by atoms with Gasteiger partial charge in [0.1, 0.15) is 6.29 Å². The van der Waals surface area contributed by atoms with Crippen molar-refractivity contribution in [1.82, 2.24) is 4.98 Å². The van der Waals surface area contributed by atoms with Gasteiger partial charge in [-0.1, -0.05) is 39.1 Å². The van der Waals surface area contributed by atoms with E-state index in [4.69, 9.17) is 18.7 Å². The molecule has 144 valence electrons. The molecule has 3 atom stereocenters. The van der Waals surface area contributed by atoms with Crippen LogP contribution in [0.4, 0.5) is 0 Å². The second-order valence-corrected chi connectivity index (χ2v) is 8.81. The molecule has 0 aromatic carbocycles. The van der Waals surface area contributed by atoms with E-state index in [0.29, 0.717) is 6.61 Å². The Balaban J connectivity index is 2.34. The van der Waals surface area contributed by atoms with Gasteiger partial charge in [-0.15, -0.1) is 0 Å². The van der Waals surface area contributed by atoms with Gasteiger partial charge in [0, 0.05) is 35.7 Å². The van der Waals surface area contributed by atoms with Crippen LogP contribution in [0.2, 0.25) is 13.1 Å². The number of carbonyl (C=O) groups is 1. The molecule has 1 aromatic rings. The molecule has 0 aliphatic carbocycles. The highest BCUT2D eigenvalue weighted by Crippen LogP contribution is 2.49. The summed E-state index contributed by atoms with van der Waals surface area (Å²) < 4.78 is 18.2. The average molecular weight is 396 g/mol. The summed E-state index contributed by atoms with van der Waals surface area (Å²) in [5.41, 5.74) is 0.662. The van der Waals surface area contributed by atoms with Gasteiger partial charge >= 0.3 is 5.97 Å². The van der Waals surface area contributed by atoms with Crippen LogP contribution in [-0.2, 0) is 18.4 Å². The summed E-state index contributed by atoms with van der Waals surface area (Å²) in [6.07, 6.45) is 5.98. The molecule has 0 saturated carbocycles. The Hall–Kier alpha value is -1.33. The van der Waals surface area contributed by atoms with Crippen molar-refractivity contribution in [3.8, 4) is 0 Å². The first-order valence-electron chi connectivity index (χ1n) is 9.07. The highest BCUT2D eigenvalue weighted by Gasteiger charge is 2.48. The topological polar surface area (TPSA) is 77.9 Å². The van der Waals surface area contributed by atoms with E-state index >= 15 is 0 Å². The first-order valence-corrected chi connectivity index (χ1v) is 13.1.